The number of amides is 2. The Bertz CT molecular complexity index is 925. The van der Waals surface area contributed by atoms with Gasteiger partial charge in [-0.15, -0.1) is 0 Å². The molecule has 1 saturated heterocycles. The van der Waals surface area contributed by atoms with Crippen molar-refractivity contribution in [2.75, 3.05) is 13.1 Å². The second kappa shape index (κ2) is 8.38. The third-order valence-electron chi connectivity index (χ3n) is 5.09. The number of ether oxygens (including phenoxy) is 1. The number of hydrogen-bond donors (Lipinski definition) is 1. The molecule has 1 N–H and O–H groups in total. The first kappa shape index (κ1) is 19.0. The van der Waals surface area contributed by atoms with Crippen LogP contribution < -0.4 is 10.1 Å². The topological polar surface area (TPSA) is 93.6 Å². The van der Waals surface area contributed by atoms with E-state index in [0.29, 0.717) is 31.3 Å². The van der Waals surface area contributed by atoms with Gasteiger partial charge in [-0.25, -0.2) is 4.79 Å². The van der Waals surface area contributed by atoms with Crippen LogP contribution in [0.1, 0.15) is 37.2 Å². The highest BCUT2D eigenvalue weighted by molar-refractivity contribution is 5.74. The summed E-state index contributed by atoms with van der Waals surface area (Å²) in [4.78, 5) is 18.9. The van der Waals surface area contributed by atoms with Crippen LogP contribution >= 0.6 is 0 Å². The highest BCUT2D eigenvalue weighted by atomic mass is 16.5. The molecule has 0 bridgehead atoms. The van der Waals surface area contributed by atoms with Crippen molar-refractivity contribution in [3.8, 4) is 5.75 Å². The number of likely N-dealkylation sites (tertiary alicyclic amines) is 1. The number of nitrogens with zero attached hydrogens (tertiary/aromatic N) is 3. The largest absolute Gasteiger partial charge is 0.484 e. The standard InChI is InChI=1S/C21H24N4O4/c1-21(19-23-18(29-24-19)14-28-16-7-3-2-4-8-16)10-6-11-25(15-21)20(26)22-13-17-9-5-12-27-17/h2-5,7-9,12H,6,10-11,13-15H2,1H3,(H,22,26). The summed E-state index contributed by atoms with van der Waals surface area (Å²) in [6.45, 7) is 3.85. The molecule has 0 aliphatic carbocycles. The SMILES string of the molecule is CC1(c2noc(COc3ccccc3)n2)CCCN(C(=O)NCc2ccco2)C1. The Labute approximate surface area is 168 Å². The molecule has 0 radical (unpaired) electrons. The number of aromatic nitrogens is 2. The maximum atomic E-state index is 12.6. The molecule has 2 aromatic heterocycles. The van der Waals surface area contributed by atoms with E-state index >= 15 is 0 Å². The Hall–Kier alpha value is -3.29. The number of hydrogen-bond acceptors (Lipinski definition) is 6. The number of urea groups is 1. The molecule has 29 heavy (non-hydrogen) atoms. The van der Waals surface area contributed by atoms with Crippen molar-refractivity contribution in [3.63, 3.8) is 0 Å². The smallest absolute Gasteiger partial charge is 0.317 e. The molecule has 152 valence electrons. The minimum atomic E-state index is -0.366. The van der Waals surface area contributed by atoms with Gasteiger partial charge >= 0.3 is 6.03 Å². The van der Waals surface area contributed by atoms with Gasteiger partial charge in [0.1, 0.15) is 11.5 Å². The summed E-state index contributed by atoms with van der Waals surface area (Å²) < 4.78 is 16.3. The van der Waals surface area contributed by atoms with Gasteiger partial charge in [0.25, 0.3) is 5.89 Å². The third kappa shape index (κ3) is 4.59. The van der Waals surface area contributed by atoms with Gasteiger partial charge in [0.05, 0.1) is 12.8 Å². The Morgan fingerprint density at radius 3 is 2.93 bits per heavy atom. The Morgan fingerprint density at radius 2 is 2.14 bits per heavy atom. The van der Waals surface area contributed by atoms with Crippen molar-refractivity contribution in [3.05, 3.63) is 66.2 Å². The van der Waals surface area contributed by atoms with Crippen LogP contribution in [0.4, 0.5) is 4.79 Å². The zero-order valence-electron chi connectivity index (χ0n) is 16.3. The summed E-state index contributed by atoms with van der Waals surface area (Å²) in [7, 11) is 0. The number of carbonyl (C=O) groups is 1. The summed E-state index contributed by atoms with van der Waals surface area (Å²) in [5.74, 6) is 2.49. The van der Waals surface area contributed by atoms with Crippen molar-refractivity contribution in [1.82, 2.24) is 20.4 Å². The molecule has 8 heteroatoms. The number of nitrogens with one attached hydrogen (secondary N) is 1. The predicted molar refractivity (Wildman–Crippen MR) is 104 cm³/mol. The lowest BCUT2D eigenvalue weighted by Crippen LogP contribution is -2.50. The summed E-state index contributed by atoms with van der Waals surface area (Å²) in [5.41, 5.74) is -0.366. The third-order valence-corrected chi connectivity index (χ3v) is 5.09. The van der Waals surface area contributed by atoms with E-state index < -0.39 is 0 Å². The molecule has 1 aliphatic heterocycles. The molecular formula is C21H24N4O4. The summed E-state index contributed by atoms with van der Waals surface area (Å²) in [6, 6.07) is 13.0. The van der Waals surface area contributed by atoms with E-state index in [9.17, 15) is 4.79 Å². The van der Waals surface area contributed by atoms with Crippen molar-refractivity contribution in [1.29, 1.82) is 0 Å². The lowest BCUT2D eigenvalue weighted by atomic mass is 9.81. The first-order chi connectivity index (χ1) is 14.1. The van der Waals surface area contributed by atoms with Crippen LogP contribution in [0, 0.1) is 0 Å². The van der Waals surface area contributed by atoms with Crippen molar-refractivity contribution < 1.29 is 18.5 Å². The molecule has 3 heterocycles. The maximum absolute atomic E-state index is 12.6. The van der Waals surface area contributed by atoms with Gasteiger partial charge in [-0.3, -0.25) is 0 Å². The van der Waals surface area contributed by atoms with Gasteiger partial charge in [-0.2, -0.15) is 4.98 Å². The van der Waals surface area contributed by atoms with E-state index in [1.54, 1.807) is 17.2 Å². The molecule has 1 aliphatic rings. The van der Waals surface area contributed by atoms with Crippen molar-refractivity contribution in [2.24, 2.45) is 0 Å². The van der Waals surface area contributed by atoms with Gasteiger partial charge in [0.15, 0.2) is 12.4 Å². The molecule has 1 atom stereocenters. The maximum Gasteiger partial charge on any atom is 0.317 e. The molecule has 8 nitrogen and oxygen atoms in total. The van der Waals surface area contributed by atoms with Crippen LogP contribution in [0.15, 0.2) is 57.7 Å². The number of rotatable bonds is 6. The van der Waals surface area contributed by atoms with E-state index in [0.717, 1.165) is 24.4 Å². The molecule has 1 aromatic carbocycles. The zero-order valence-corrected chi connectivity index (χ0v) is 16.3. The first-order valence-corrected chi connectivity index (χ1v) is 9.68. The predicted octanol–water partition coefficient (Wildman–Crippen LogP) is 3.50. The Balaban J connectivity index is 1.36. The number of carbonyl (C=O) groups excluding carboxylic acids is 1. The Kier molecular flexibility index (Phi) is 5.50. The van der Waals surface area contributed by atoms with Crippen LogP contribution in [0.3, 0.4) is 0 Å². The van der Waals surface area contributed by atoms with E-state index in [4.69, 9.17) is 13.7 Å². The minimum absolute atomic E-state index is 0.122. The van der Waals surface area contributed by atoms with Crippen LogP contribution in [0.2, 0.25) is 0 Å². The van der Waals surface area contributed by atoms with Gasteiger partial charge < -0.3 is 23.9 Å². The molecular weight excluding hydrogens is 372 g/mol. The van der Waals surface area contributed by atoms with E-state index in [2.05, 4.69) is 22.4 Å². The van der Waals surface area contributed by atoms with Crippen molar-refractivity contribution >= 4 is 6.03 Å². The van der Waals surface area contributed by atoms with E-state index in [-0.39, 0.29) is 18.1 Å². The zero-order chi connectivity index (χ0) is 20.1. The number of furan rings is 1. The van der Waals surface area contributed by atoms with Crippen LogP contribution in [-0.4, -0.2) is 34.2 Å². The molecule has 3 aromatic rings. The molecule has 2 amide bonds. The van der Waals surface area contributed by atoms with E-state index in [1.165, 1.54) is 0 Å². The van der Waals surface area contributed by atoms with E-state index in [1.807, 2.05) is 36.4 Å². The molecule has 4 rings (SSSR count). The van der Waals surface area contributed by atoms with Gasteiger partial charge in [0.2, 0.25) is 0 Å². The molecule has 1 unspecified atom stereocenters. The highest BCUT2D eigenvalue weighted by Crippen LogP contribution is 2.32. The fourth-order valence-corrected chi connectivity index (χ4v) is 3.50. The second-order valence-electron chi connectivity index (χ2n) is 7.44. The summed E-state index contributed by atoms with van der Waals surface area (Å²) in [5, 5.41) is 7.06. The van der Waals surface area contributed by atoms with Gasteiger partial charge in [-0.05, 0) is 37.1 Å². The first-order valence-electron chi connectivity index (χ1n) is 9.68. The average Bonchev–Trinajstić information content (AvgIpc) is 3.44. The molecule has 0 saturated carbocycles. The Morgan fingerprint density at radius 1 is 1.28 bits per heavy atom. The van der Waals surface area contributed by atoms with Crippen LogP contribution in [0.5, 0.6) is 5.75 Å². The fraction of sp³-hybridized carbons (Fsp3) is 0.381. The lowest BCUT2D eigenvalue weighted by molar-refractivity contribution is 0.150. The summed E-state index contributed by atoms with van der Waals surface area (Å²) in [6.07, 6.45) is 3.34. The number of para-hydroxylation sites is 1. The second-order valence-corrected chi connectivity index (χ2v) is 7.44. The number of benzene rings is 1. The lowest BCUT2D eigenvalue weighted by Gasteiger charge is -2.38. The van der Waals surface area contributed by atoms with Gasteiger partial charge in [0, 0.05) is 18.5 Å². The minimum Gasteiger partial charge on any atom is -0.484 e. The fourth-order valence-electron chi connectivity index (χ4n) is 3.50. The molecule has 0 spiro atoms. The average molecular weight is 396 g/mol. The molecule has 1 fully saturated rings. The normalized spacial score (nSPS) is 19.1. The van der Waals surface area contributed by atoms with Gasteiger partial charge in [-0.1, -0.05) is 30.3 Å². The monoisotopic (exact) mass is 396 g/mol. The van der Waals surface area contributed by atoms with Crippen LogP contribution in [-0.2, 0) is 18.6 Å². The number of piperidine rings is 1. The highest BCUT2D eigenvalue weighted by Gasteiger charge is 2.38. The van der Waals surface area contributed by atoms with Crippen molar-refractivity contribution in [2.45, 2.75) is 38.3 Å². The van der Waals surface area contributed by atoms with Crippen LogP contribution in [0.25, 0.3) is 0 Å². The summed E-state index contributed by atoms with van der Waals surface area (Å²) >= 11 is 0. The quantitative estimate of drug-likeness (QED) is 0.685.